The Kier molecular flexibility index (Phi) is 6.12. The summed E-state index contributed by atoms with van der Waals surface area (Å²) in [6, 6.07) is 15.8. The molecule has 0 amide bonds. The van der Waals surface area contributed by atoms with E-state index in [1.54, 1.807) is 24.9 Å². The van der Waals surface area contributed by atoms with Gasteiger partial charge in [-0.05, 0) is 36.4 Å². The van der Waals surface area contributed by atoms with Crippen LogP contribution in [-0.2, 0) is 11.3 Å². The summed E-state index contributed by atoms with van der Waals surface area (Å²) >= 11 is 1.61. The number of benzene rings is 2. The summed E-state index contributed by atoms with van der Waals surface area (Å²) in [5, 5.41) is 0.910. The van der Waals surface area contributed by atoms with Crippen molar-refractivity contribution >= 4 is 28.6 Å². The first-order chi connectivity index (χ1) is 12.7. The maximum absolute atomic E-state index is 12.3. The van der Waals surface area contributed by atoms with Crippen molar-refractivity contribution in [3.63, 3.8) is 0 Å². The van der Waals surface area contributed by atoms with Crippen LogP contribution in [-0.4, -0.2) is 23.3 Å². The maximum atomic E-state index is 12.3. The molecule has 0 aliphatic carbocycles. The highest BCUT2D eigenvalue weighted by Gasteiger charge is 2.17. The minimum absolute atomic E-state index is 0.339. The summed E-state index contributed by atoms with van der Waals surface area (Å²) in [7, 11) is 0. The molecule has 5 heteroatoms. The lowest BCUT2D eigenvalue weighted by atomic mass is 10.1. The van der Waals surface area contributed by atoms with Crippen LogP contribution in [0.4, 0.5) is 0 Å². The van der Waals surface area contributed by atoms with Gasteiger partial charge < -0.3 is 9.47 Å². The smallest absolute Gasteiger partial charge is 0.340 e. The lowest BCUT2D eigenvalue weighted by Gasteiger charge is -2.12. The minimum Gasteiger partial charge on any atom is -0.489 e. The average molecular weight is 367 g/mol. The van der Waals surface area contributed by atoms with Crippen molar-refractivity contribution in [3.05, 3.63) is 65.9 Å². The lowest BCUT2D eigenvalue weighted by Crippen LogP contribution is -2.07. The van der Waals surface area contributed by atoms with Gasteiger partial charge in [-0.2, -0.15) is 0 Å². The Balaban J connectivity index is 1.95. The standard InChI is InChI=1S/C21H21NO3S/c1-3-24-21(23)18-13-22-19-11-10-16(12-17(19)20(18)26-4-2)25-14-15-8-6-5-7-9-15/h5-13H,3-4,14H2,1-2H3. The van der Waals surface area contributed by atoms with E-state index < -0.39 is 0 Å². The second-order valence-electron chi connectivity index (χ2n) is 5.61. The van der Waals surface area contributed by atoms with Gasteiger partial charge in [0, 0.05) is 16.5 Å². The van der Waals surface area contributed by atoms with Crippen molar-refractivity contribution in [3.8, 4) is 5.75 Å². The Labute approximate surface area is 157 Å². The van der Waals surface area contributed by atoms with E-state index in [1.807, 2.05) is 48.5 Å². The number of carbonyl (C=O) groups excluding carboxylic acids is 1. The molecule has 0 fully saturated rings. The summed E-state index contributed by atoms with van der Waals surface area (Å²) in [6.07, 6.45) is 1.60. The fourth-order valence-corrected chi connectivity index (χ4v) is 3.53. The highest BCUT2D eigenvalue weighted by atomic mass is 32.2. The Morgan fingerprint density at radius 2 is 1.92 bits per heavy atom. The second kappa shape index (κ2) is 8.72. The van der Waals surface area contributed by atoms with Crippen molar-refractivity contribution in [2.24, 2.45) is 0 Å². The van der Waals surface area contributed by atoms with E-state index >= 15 is 0 Å². The fraction of sp³-hybridized carbons (Fsp3) is 0.238. The van der Waals surface area contributed by atoms with Gasteiger partial charge in [0.2, 0.25) is 0 Å². The zero-order chi connectivity index (χ0) is 18.4. The molecular formula is C21H21NO3S. The van der Waals surface area contributed by atoms with Crippen LogP contribution in [0.2, 0.25) is 0 Å². The van der Waals surface area contributed by atoms with Crippen LogP contribution in [0, 0.1) is 0 Å². The molecule has 0 bridgehead atoms. The molecule has 0 saturated heterocycles. The van der Waals surface area contributed by atoms with Crippen LogP contribution in [0.5, 0.6) is 5.75 Å². The van der Waals surface area contributed by atoms with Gasteiger partial charge in [0.05, 0.1) is 17.7 Å². The molecular weight excluding hydrogens is 346 g/mol. The zero-order valence-electron chi connectivity index (χ0n) is 14.9. The summed E-state index contributed by atoms with van der Waals surface area (Å²) in [4.78, 5) is 17.6. The molecule has 134 valence electrons. The van der Waals surface area contributed by atoms with Crippen LogP contribution in [0.3, 0.4) is 0 Å². The summed E-state index contributed by atoms with van der Waals surface area (Å²) < 4.78 is 11.1. The van der Waals surface area contributed by atoms with Crippen LogP contribution < -0.4 is 4.74 Å². The third kappa shape index (κ3) is 4.17. The topological polar surface area (TPSA) is 48.4 Å². The number of thioether (sulfide) groups is 1. The van der Waals surface area contributed by atoms with Crippen molar-refractivity contribution in [2.75, 3.05) is 12.4 Å². The summed E-state index contributed by atoms with van der Waals surface area (Å²) in [5.41, 5.74) is 2.45. The number of hydrogen-bond acceptors (Lipinski definition) is 5. The zero-order valence-corrected chi connectivity index (χ0v) is 15.7. The van der Waals surface area contributed by atoms with Crippen molar-refractivity contribution in [1.29, 1.82) is 0 Å². The largest absolute Gasteiger partial charge is 0.489 e. The molecule has 1 heterocycles. The molecule has 3 rings (SSSR count). The molecule has 2 aromatic carbocycles. The van der Waals surface area contributed by atoms with Crippen LogP contribution in [0.15, 0.2) is 59.6 Å². The van der Waals surface area contributed by atoms with Crippen LogP contribution in [0.1, 0.15) is 29.8 Å². The van der Waals surface area contributed by atoms with E-state index in [-0.39, 0.29) is 5.97 Å². The van der Waals surface area contributed by atoms with Gasteiger partial charge in [0.15, 0.2) is 0 Å². The number of nitrogens with zero attached hydrogens (tertiary/aromatic N) is 1. The fourth-order valence-electron chi connectivity index (χ4n) is 2.63. The van der Waals surface area contributed by atoms with Crippen LogP contribution in [0.25, 0.3) is 10.9 Å². The number of carbonyl (C=O) groups is 1. The monoisotopic (exact) mass is 367 g/mol. The molecule has 0 atom stereocenters. The first-order valence-electron chi connectivity index (χ1n) is 8.62. The summed E-state index contributed by atoms with van der Waals surface area (Å²) in [5.74, 6) is 1.26. The van der Waals surface area contributed by atoms with E-state index in [9.17, 15) is 4.79 Å². The molecule has 0 radical (unpaired) electrons. The third-order valence-electron chi connectivity index (χ3n) is 3.82. The molecule has 0 spiro atoms. The van der Waals surface area contributed by atoms with Gasteiger partial charge in [-0.3, -0.25) is 4.98 Å². The predicted octanol–water partition coefficient (Wildman–Crippen LogP) is 5.10. The van der Waals surface area contributed by atoms with Gasteiger partial charge in [-0.15, -0.1) is 11.8 Å². The Morgan fingerprint density at radius 1 is 1.12 bits per heavy atom. The average Bonchev–Trinajstić information content (AvgIpc) is 2.67. The number of rotatable bonds is 7. The maximum Gasteiger partial charge on any atom is 0.340 e. The third-order valence-corrected chi connectivity index (χ3v) is 4.84. The van der Waals surface area contributed by atoms with E-state index in [4.69, 9.17) is 9.47 Å². The highest BCUT2D eigenvalue weighted by Crippen LogP contribution is 2.33. The second-order valence-corrected chi connectivity index (χ2v) is 6.88. The van der Waals surface area contributed by atoms with Crippen molar-refractivity contribution < 1.29 is 14.3 Å². The highest BCUT2D eigenvalue weighted by molar-refractivity contribution is 7.99. The number of aromatic nitrogens is 1. The van der Waals surface area contributed by atoms with Gasteiger partial charge in [0.25, 0.3) is 0 Å². The number of pyridine rings is 1. The Bertz CT molecular complexity index is 896. The van der Waals surface area contributed by atoms with Gasteiger partial charge in [-0.25, -0.2) is 4.79 Å². The molecule has 4 nitrogen and oxygen atoms in total. The number of hydrogen-bond donors (Lipinski definition) is 0. The molecule has 0 aliphatic heterocycles. The number of fused-ring (bicyclic) bond motifs is 1. The van der Waals surface area contributed by atoms with E-state index in [1.165, 1.54) is 0 Å². The first kappa shape index (κ1) is 18.3. The van der Waals surface area contributed by atoms with Gasteiger partial charge in [-0.1, -0.05) is 37.3 Å². The van der Waals surface area contributed by atoms with Gasteiger partial charge in [0.1, 0.15) is 12.4 Å². The van der Waals surface area contributed by atoms with Crippen LogP contribution >= 0.6 is 11.8 Å². The molecule has 26 heavy (non-hydrogen) atoms. The Morgan fingerprint density at radius 3 is 2.65 bits per heavy atom. The van der Waals surface area contributed by atoms with E-state index in [0.717, 1.165) is 32.9 Å². The number of ether oxygens (including phenoxy) is 2. The van der Waals surface area contributed by atoms with E-state index in [2.05, 4.69) is 11.9 Å². The predicted molar refractivity (Wildman–Crippen MR) is 105 cm³/mol. The quantitative estimate of drug-likeness (QED) is 0.429. The molecule has 0 aliphatic rings. The van der Waals surface area contributed by atoms with Crippen molar-refractivity contribution in [1.82, 2.24) is 4.98 Å². The van der Waals surface area contributed by atoms with Gasteiger partial charge >= 0.3 is 5.97 Å². The van der Waals surface area contributed by atoms with E-state index in [0.29, 0.717) is 18.8 Å². The molecule has 3 aromatic rings. The van der Waals surface area contributed by atoms with Crippen molar-refractivity contribution in [2.45, 2.75) is 25.3 Å². The minimum atomic E-state index is -0.339. The molecule has 0 unspecified atom stereocenters. The molecule has 0 N–H and O–H groups in total. The normalized spacial score (nSPS) is 10.7. The first-order valence-corrected chi connectivity index (χ1v) is 9.61. The number of esters is 1. The SMILES string of the molecule is CCOC(=O)c1cnc2ccc(OCc3ccccc3)cc2c1SCC. The summed E-state index contributed by atoms with van der Waals surface area (Å²) in [6.45, 7) is 4.69. The Hall–Kier alpha value is -2.53. The molecule has 0 saturated carbocycles. The molecule has 1 aromatic heterocycles. The lowest BCUT2D eigenvalue weighted by molar-refractivity contribution is 0.0522.